The van der Waals surface area contributed by atoms with Gasteiger partial charge in [-0.2, -0.15) is 0 Å². The highest BCUT2D eigenvalue weighted by atomic mass is 35.5. The molecule has 138 valence electrons. The summed E-state index contributed by atoms with van der Waals surface area (Å²) in [6.45, 7) is 2.28. The van der Waals surface area contributed by atoms with Crippen LogP contribution in [0.2, 0.25) is 5.02 Å². The first-order valence-corrected chi connectivity index (χ1v) is 10.2. The zero-order valence-corrected chi connectivity index (χ0v) is 16.0. The zero-order chi connectivity index (χ0) is 18.3. The van der Waals surface area contributed by atoms with E-state index in [1.807, 2.05) is 6.07 Å². The SMILES string of the molecule is CCC[C@@H]1CC[C@@H]2c3ccc(-c4cc(F)c(Cl)c(F)c4)cc3CC[C@@H]2C1. The monoisotopic (exact) mass is 374 g/mol. The van der Waals surface area contributed by atoms with E-state index in [1.54, 1.807) is 0 Å². The second-order valence-electron chi connectivity index (χ2n) is 8.04. The molecule has 1 saturated carbocycles. The summed E-state index contributed by atoms with van der Waals surface area (Å²) >= 11 is 5.61. The van der Waals surface area contributed by atoms with Crippen LogP contribution in [0.25, 0.3) is 11.1 Å². The van der Waals surface area contributed by atoms with Crippen molar-refractivity contribution in [3.8, 4) is 11.1 Å². The topological polar surface area (TPSA) is 0 Å². The molecule has 0 spiro atoms. The third-order valence-electron chi connectivity index (χ3n) is 6.43. The van der Waals surface area contributed by atoms with Gasteiger partial charge in [-0.05, 0) is 84.2 Å². The van der Waals surface area contributed by atoms with E-state index in [9.17, 15) is 8.78 Å². The Hall–Kier alpha value is -1.41. The van der Waals surface area contributed by atoms with E-state index >= 15 is 0 Å². The van der Waals surface area contributed by atoms with Crippen molar-refractivity contribution in [2.75, 3.05) is 0 Å². The Labute approximate surface area is 159 Å². The molecule has 3 atom stereocenters. The van der Waals surface area contributed by atoms with Crippen LogP contribution in [0.15, 0.2) is 30.3 Å². The second kappa shape index (κ2) is 7.31. The van der Waals surface area contributed by atoms with E-state index in [-0.39, 0.29) is 0 Å². The molecule has 2 aromatic rings. The summed E-state index contributed by atoms with van der Waals surface area (Å²) in [5, 5.41) is -0.432. The highest BCUT2D eigenvalue weighted by Crippen LogP contribution is 2.48. The van der Waals surface area contributed by atoms with Crippen LogP contribution in [0.5, 0.6) is 0 Å². The molecule has 0 unspecified atom stereocenters. The molecular formula is C23H25ClF2. The summed E-state index contributed by atoms with van der Waals surface area (Å²) in [6, 6.07) is 9.00. The standard InChI is InChI=1S/C23H25ClF2/c1-2-3-14-4-8-19-16(10-14)5-6-17-11-15(7-9-20(17)19)18-12-21(25)23(24)22(26)13-18/h7,9,11-14,16,19H,2-6,8,10H2,1H3/t14-,16-,19+/m1/s1. The van der Waals surface area contributed by atoms with E-state index < -0.39 is 16.7 Å². The van der Waals surface area contributed by atoms with E-state index in [2.05, 4.69) is 19.1 Å². The predicted molar refractivity (Wildman–Crippen MR) is 104 cm³/mol. The first-order valence-electron chi connectivity index (χ1n) is 9.84. The molecule has 4 rings (SSSR count). The van der Waals surface area contributed by atoms with Crippen LogP contribution >= 0.6 is 11.6 Å². The Morgan fingerprint density at radius 1 is 1.00 bits per heavy atom. The van der Waals surface area contributed by atoms with Crippen LogP contribution in [0.3, 0.4) is 0 Å². The van der Waals surface area contributed by atoms with Gasteiger partial charge in [0.2, 0.25) is 0 Å². The van der Waals surface area contributed by atoms with Crippen molar-refractivity contribution >= 4 is 11.6 Å². The number of halogens is 3. The molecule has 0 N–H and O–H groups in total. The fourth-order valence-electron chi connectivity index (χ4n) is 5.19. The Balaban J connectivity index is 1.61. The third kappa shape index (κ3) is 3.29. The van der Waals surface area contributed by atoms with Crippen molar-refractivity contribution in [1.29, 1.82) is 0 Å². The van der Waals surface area contributed by atoms with Gasteiger partial charge in [0.1, 0.15) is 16.7 Å². The molecule has 1 fully saturated rings. The molecule has 0 aromatic heterocycles. The van der Waals surface area contributed by atoms with Crippen LogP contribution in [-0.2, 0) is 6.42 Å². The van der Waals surface area contributed by atoms with Crippen molar-refractivity contribution in [2.24, 2.45) is 11.8 Å². The average molecular weight is 375 g/mol. The second-order valence-corrected chi connectivity index (χ2v) is 8.42. The Kier molecular flexibility index (Phi) is 5.05. The van der Waals surface area contributed by atoms with Crippen molar-refractivity contribution in [3.63, 3.8) is 0 Å². The minimum absolute atomic E-state index is 0.432. The maximum absolute atomic E-state index is 13.8. The molecule has 2 aliphatic rings. The van der Waals surface area contributed by atoms with Gasteiger partial charge >= 0.3 is 0 Å². The van der Waals surface area contributed by atoms with Crippen LogP contribution in [0.1, 0.15) is 62.5 Å². The molecule has 0 bridgehead atoms. The van der Waals surface area contributed by atoms with Crippen LogP contribution in [0, 0.1) is 23.5 Å². The van der Waals surface area contributed by atoms with Gasteiger partial charge in [0.15, 0.2) is 0 Å². The van der Waals surface area contributed by atoms with Crippen molar-refractivity contribution in [1.82, 2.24) is 0 Å². The summed E-state index contributed by atoms with van der Waals surface area (Å²) < 4.78 is 27.6. The lowest BCUT2D eigenvalue weighted by Gasteiger charge is -2.40. The van der Waals surface area contributed by atoms with Crippen LogP contribution in [0.4, 0.5) is 8.78 Å². The van der Waals surface area contributed by atoms with Crippen molar-refractivity contribution in [2.45, 2.75) is 57.8 Å². The Morgan fingerprint density at radius 3 is 2.50 bits per heavy atom. The molecule has 2 aromatic carbocycles. The molecule has 0 radical (unpaired) electrons. The molecule has 26 heavy (non-hydrogen) atoms. The maximum atomic E-state index is 13.8. The molecular weight excluding hydrogens is 350 g/mol. The van der Waals surface area contributed by atoms with Crippen molar-refractivity contribution in [3.05, 3.63) is 58.1 Å². The van der Waals surface area contributed by atoms with Gasteiger partial charge in [0, 0.05) is 0 Å². The molecule has 0 nitrogen and oxygen atoms in total. The average Bonchev–Trinajstić information content (AvgIpc) is 2.65. The quantitative estimate of drug-likeness (QED) is 0.487. The molecule has 0 amide bonds. The van der Waals surface area contributed by atoms with Gasteiger partial charge in [-0.1, -0.05) is 49.6 Å². The highest BCUT2D eigenvalue weighted by Gasteiger charge is 2.34. The molecule has 0 aliphatic heterocycles. The van der Waals surface area contributed by atoms with Gasteiger partial charge in [-0.3, -0.25) is 0 Å². The molecule has 0 saturated heterocycles. The Morgan fingerprint density at radius 2 is 1.77 bits per heavy atom. The fraction of sp³-hybridized carbons (Fsp3) is 0.478. The third-order valence-corrected chi connectivity index (χ3v) is 6.79. The van der Waals surface area contributed by atoms with E-state index in [0.29, 0.717) is 11.5 Å². The lowest BCUT2D eigenvalue weighted by Crippen LogP contribution is -2.28. The summed E-state index contributed by atoms with van der Waals surface area (Å²) in [7, 11) is 0. The summed E-state index contributed by atoms with van der Waals surface area (Å²) in [4.78, 5) is 0. The number of hydrogen-bond acceptors (Lipinski definition) is 0. The molecule has 2 aliphatic carbocycles. The fourth-order valence-corrected chi connectivity index (χ4v) is 5.30. The minimum Gasteiger partial charge on any atom is -0.205 e. The molecule has 0 heterocycles. The van der Waals surface area contributed by atoms with Gasteiger partial charge in [0.05, 0.1) is 0 Å². The summed E-state index contributed by atoms with van der Waals surface area (Å²) in [6.07, 6.45) is 8.95. The van der Waals surface area contributed by atoms with Gasteiger partial charge < -0.3 is 0 Å². The number of rotatable bonds is 3. The largest absolute Gasteiger partial charge is 0.205 e. The minimum atomic E-state index is -0.700. The van der Waals surface area contributed by atoms with Gasteiger partial charge in [0.25, 0.3) is 0 Å². The normalized spacial score (nSPS) is 24.8. The van der Waals surface area contributed by atoms with Crippen molar-refractivity contribution < 1.29 is 8.78 Å². The highest BCUT2D eigenvalue weighted by molar-refractivity contribution is 6.31. The first-order chi connectivity index (χ1) is 12.6. The van der Waals surface area contributed by atoms with E-state index in [0.717, 1.165) is 23.8 Å². The van der Waals surface area contributed by atoms with E-state index in [4.69, 9.17) is 11.6 Å². The predicted octanol–water partition coefficient (Wildman–Crippen LogP) is 7.53. The van der Waals surface area contributed by atoms with Gasteiger partial charge in [-0.25, -0.2) is 8.78 Å². The number of hydrogen-bond donors (Lipinski definition) is 0. The first kappa shape index (κ1) is 18.0. The van der Waals surface area contributed by atoms with Crippen LogP contribution in [-0.4, -0.2) is 0 Å². The zero-order valence-electron chi connectivity index (χ0n) is 15.2. The van der Waals surface area contributed by atoms with E-state index in [1.165, 1.54) is 61.8 Å². The lowest BCUT2D eigenvalue weighted by molar-refractivity contribution is 0.201. The summed E-state index contributed by atoms with van der Waals surface area (Å²) in [5.74, 6) is 0.980. The number of benzene rings is 2. The maximum Gasteiger partial charge on any atom is 0.145 e. The summed E-state index contributed by atoms with van der Waals surface area (Å²) in [5.41, 5.74) is 4.25. The number of fused-ring (bicyclic) bond motifs is 3. The molecule has 3 heteroatoms. The smallest absolute Gasteiger partial charge is 0.145 e. The van der Waals surface area contributed by atoms with Gasteiger partial charge in [-0.15, -0.1) is 0 Å². The number of aryl methyl sites for hydroxylation is 1. The Bertz CT molecular complexity index is 791. The lowest BCUT2D eigenvalue weighted by atomic mass is 9.64. The van der Waals surface area contributed by atoms with Crippen LogP contribution < -0.4 is 0 Å².